The van der Waals surface area contributed by atoms with E-state index in [0.29, 0.717) is 5.56 Å². The minimum Gasteiger partial charge on any atom is -0.354 e. The van der Waals surface area contributed by atoms with Crippen molar-refractivity contribution >= 4 is 23.1 Å². The molecule has 3 aromatic heterocycles. The van der Waals surface area contributed by atoms with Gasteiger partial charge in [0.1, 0.15) is 17.1 Å². The summed E-state index contributed by atoms with van der Waals surface area (Å²) in [5.74, 6) is -1.73. The van der Waals surface area contributed by atoms with Crippen molar-refractivity contribution in [1.29, 1.82) is 0 Å². The number of aromatic nitrogens is 5. The van der Waals surface area contributed by atoms with E-state index in [1.54, 1.807) is 7.05 Å². The summed E-state index contributed by atoms with van der Waals surface area (Å²) >= 11 is 0. The predicted octanol–water partition coefficient (Wildman–Crippen LogP) is 2.82. The molecule has 4 rings (SSSR count). The lowest BCUT2D eigenvalue weighted by Gasteiger charge is -2.09. The Labute approximate surface area is 178 Å². The van der Waals surface area contributed by atoms with Crippen molar-refractivity contribution < 1.29 is 22.8 Å². The van der Waals surface area contributed by atoms with E-state index in [-0.39, 0.29) is 28.3 Å². The summed E-state index contributed by atoms with van der Waals surface area (Å²) < 4.78 is 42.9. The first kappa shape index (κ1) is 21.0. The molecule has 0 radical (unpaired) electrons. The number of fused-ring (bicyclic) bond motifs is 1. The number of hydrogen-bond donors (Lipinski definition) is 2. The molecule has 2 N–H and O–H groups in total. The van der Waals surface area contributed by atoms with Crippen LogP contribution in [0.3, 0.4) is 0 Å². The number of amides is 2. The lowest BCUT2D eigenvalue weighted by atomic mass is 10.1. The van der Waals surface area contributed by atoms with E-state index in [1.165, 1.54) is 42.2 Å². The summed E-state index contributed by atoms with van der Waals surface area (Å²) in [6, 6.07) is 6.27. The van der Waals surface area contributed by atoms with Crippen LogP contribution in [0.4, 0.5) is 18.9 Å². The third-order valence-corrected chi connectivity index (χ3v) is 4.63. The van der Waals surface area contributed by atoms with Gasteiger partial charge in [0.25, 0.3) is 18.2 Å². The number of benzene rings is 1. The largest absolute Gasteiger partial charge is 0.354 e. The maximum absolute atomic E-state index is 13.7. The first-order valence-electron chi connectivity index (χ1n) is 9.28. The molecule has 0 spiro atoms. The van der Waals surface area contributed by atoms with Gasteiger partial charge >= 0.3 is 0 Å². The normalized spacial score (nSPS) is 11.2. The summed E-state index contributed by atoms with van der Waals surface area (Å²) in [6.07, 6.45) is -0.377. The summed E-state index contributed by atoms with van der Waals surface area (Å²) in [6.45, 7) is 0. The zero-order valence-corrected chi connectivity index (χ0v) is 16.8. The van der Waals surface area contributed by atoms with Gasteiger partial charge in [-0.05, 0) is 30.3 Å². The van der Waals surface area contributed by atoms with E-state index in [9.17, 15) is 22.8 Å². The van der Waals surface area contributed by atoms with Crippen LogP contribution in [0.25, 0.3) is 16.9 Å². The van der Waals surface area contributed by atoms with Gasteiger partial charge in [-0.2, -0.15) is 10.2 Å². The summed E-state index contributed by atoms with van der Waals surface area (Å²) in [5, 5.41) is 12.8. The monoisotopic (exact) mass is 443 g/mol. The van der Waals surface area contributed by atoms with Crippen LogP contribution in [0.2, 0.25) is 0 Å². The Kier molecular flexibility index (Phi) is 5.34. The van der Waals surface area contributed by atoms with Gasteiger partial charge in [-0.3, -0.25) is 14.3 Å². The fourth-order valence-electron chi connectivity index (χ4n) is 3.13. The van der Waals surface area contributed by atoms with Crippen molar-refractivity contribution in [1.82, 2.24) is 29.7 Å². The van der Waals surface area contributed by atoms with Gasteiger partial charge in [0.2, 0.25) is 0 Å². The van der Waals surface area contributed by atoms with Gasteiger partial charge in [-0.15, -0.1) is 0 Å². The van der Waals surface area contributed by atoms with Crippen LogP contribution in [-0.2, 0) is 7.05 Å². The van der Waals surface area contributed by atoms with Crippen LogP contribution in [-0.4, -0.2) is 43.2 Å². The highest BCUT2D eigenvalue weighted by atomic mass is 19.3. The second-order valence-corrected chi connectivity index (χ2v) is 6.77. The maximum Gasteiger partial charge on any atom is 0.280 e. The zero-order valence-electron chi connectivity index (χ0n) is 16.8. The molecular weight excluding hydrogens is 427 g/mol. The molecule has 0 aliphatic rings. The van der Waals surface area contributed by atoms with Crippen molar-refractivity contribution in [2.45, 2.75) is 6.43 Å². The second kappa shape index (κ2) is 8.13. The van der Waals surface area contributed by atoms with Crippen LogP contribution in [0.5, 0.6) is 0 Å². The van der Waals surface area contributed by atoms with Gasteiger partial charge in [0.05, 0.1) is 17.6 Å². The molecule has 12 heteroatoms. The molecule has 3 heterocycles. The summed E-state index contributed by atoms with van der Waals surface area (Å²) in [4.78, 5) is 29.2. The molecule has 4 aromatic rings. The van der Waals surface area contributed by atoms with Gasteiger partial charge < -0.3 is 10.6 Å². The fraction of sp³-hybridized carbons (Fsp3) is 0.150. The first-order valence-corrected chi connectivity index (χ1v) is 9.28. The third-order valence-electron chi connectivity index (χ3n) is 4.63. The van der Waals surface area contributed by atoms with E-state index < -0.39 is 29.8 Å². The van der Waals surface area contributed by atoms with Crippen LogP contribution < -0.4 is 10.6 Å². The van der Waals surface area contributed by atoms with Crippen molar-refractivity contribution in [2.24, 2.45) is 7.05 Å². The van der Waals surface area contributed by atoms with Crippen LogP contribution in [0.1, 0.15) is 33.0 Å². The molecule has 0 bridgehead atoms. The van der Waals surface area contributed by atoms with Gasteiger partial charge in [-0.25, -0.2) is 22.7 Å². The average molecular weight is 443 g/mol. The number of nitrogens with one attached hydrogen (secondary N) is 2. The van der Waals surface area contributed by atoms with Crippen LogP contribution >= 0.6 is 0 Å². The molecule has 0 saturated carbocycles. The Morgan fingerprint density at radius 2 is 1.84 bits per heavy atom. The Hall–Kier alpha value is -4.22. The van der Waals surface area contributed by atoms with Crippen molar-refractivity contribution in [3.8, 4) is 11.3 Å². The number of carbonyl (C=O) groups excluding carboxylic acids is 2. The Morgan fingerprint density at radius 3 is 2.50 bits per heavy atom. The number of rotatable bonds is 5. The number of nitrogens with zero attached hydrogens (tertiary/aromatic N) is 5. The fourth-order valence-corrected chi connectivity index (χ4v) is 3.13. The summed E-state index contributed by atoms with van der Waals surface area (Å²) in [7, 11) is 2.99. The van der Waals surface area contributed by atoms with Gasteiger partial charge in [0, 0.05) is 25.9 Å². The van der Waals surface area contributed by atoms with Crippen LogP contribution in [0, 0.1) is 5.82 Å². The van der Waals surface area contributed by atoms with E-state index in [0.717, 1.165) is 16.8 Å². The number of hydrogen-bond acceptors (Lipinski definition) is 5. The molecular formula is C20H16F3N7O2. The molecule has 0 aliphatic heterocycles. The molecule has 164 valence electrons. The number of alkyl halides is 2. The van der Waals surface area contributed by atoms with E-state index >= 15 is 0 Å². The second-order valence-electron chi connectivity index (χ2n) is 6.77. The highest BCUT2D eigenvalue weighted by Crippen LogP contribution is 2.27. The molecule has 32 heavy (non-hydrogen) atoms. The summed E-state index contributed by atoms with van der Waals surface area (Å²) in [5.41, 5.74) is -0.0892. The number of aryl methyl sites for hydroxylation is 1. The minimum absolute atomic E-state index is 0.0203. The Balaban J connectivity index is 1.79. The molecule has 0 unspecified atom stereocenters. The van der Waals surface area contributed by atoms with Crippen molar-refractivity contribution in [3.05, 3.63) is 65.5 Å². The number of carbonyl (C=O) groups is 2. The Morgan fingerprint density at radius 1 is 1.12 bits per heavy atom. The molecule has 0 fully saturated rings. The highest BCUT2D eigenvalue weighted by Gasteiger charge is 2.23. The molecule has 2 amide bonds. The van der Waals surface area contributed by atoms with E-state index in [1.807, 2.05) is 0 Å². The van der Waals surface area contributed by atoms with E-state index in [2.05, 4.69) is 25.8 Å². The molecule has 1 aromatic carbocycles. The first-order chi connectivity index (χ1) is 15.3. The zero-order chi connectivity index (χ0) is 23.0. The smallest absolute Gasteiger partial charge is 0.280 e. The topological polar surface area (TPSA) is 106 Å². The van der Waals surface area contributed by atoms with Crippen LogP contribution in [0.15, 0.2) is 42.7 Å². The predicted molar refractivity (Wildman–Crippen MR) is 108 cm³/mol. The molecule has 9 nitrogen and oxygen atoms in total. The lowest BCUT2D eigenvalue weighted by molar-refractivity contribution is 0.0958. The van der Waals surface area contributed by atoms with E-state index in [4.69, 9.17) is 0 Å². The number of halogens is 3. The lowest BCUT2D eigenvalue weighted by Crippen LogP contribution is -2.21. The van der Waals surface area contributed by atoms with Gasteiger partial charge in [0.15, 0.2) is 11.3 Å². The molecule has 0 atom stereocenters. The highest BCUT2D eigenvalue weighted by molar-refractivity contribution is 6.11. The Bertz CT molecular complexity index is 1330. The van der Waals surface area contributed by atoms with Gasteiger partial charge in [-0.1, -0.05) is 0 Å². The van der Waals surface area contributed by atoms with Crippen molar-refractivity contribution in [2.75, 3.05) is 12.4 Å². The average Bonchev–Trinajstić information content (AvgIpc) is 3.36. The van der Waals surface area contributed by atoms with Crippen molar-refractivity contribution in [3.63, 3.8) is 0 Å². The SMILES string of the molecule is CNC(=O)c1nn(C)cc1NC(=O)c1cnn2c(C(F)F)cc(-c3ccc(F)cc3)nc12. The minimum atomic E-state index is -2.91. The standard InChI is InChI=1S/C20H16F3N7O2/c1-24-20(32)16-14(9-29(2)28-16)27-19(31)12-8-25-30-15(17(22)23)7-13(26-18(12)30)10-3-5-11(21)6-4-10/h3-9,17H,1-2H3,(H,24,32)(H,27,31). The molecule has 0 saturated heterocycles. The maximum atomic E-state index is 13.7. The number of anilines is 1. The molecule has 0 aliphatic carbocycles. The quantitative estimate of drug-likeness (QED) is 0.494. The third kappa shape index (κ3) is 3.77.